The molecule has 2 aromatic rings. The molecule has 0 aliphatic carbocycles. The maximum Gasteiger partial charge on any atom is 0.384 e. The number of nitrogens with one attached hydrogen (secondary N) is 1. The summed E-state index contributed by atoms with van der Waals surface area (Å²) in [6, 6.07) is 11.0. The normalized spacial score (nSPS) is 13.2. The van der Waals surface area contributed by atoms with Crippen LogP contribution in [0, 0.1) is 18.8 Å². The van der Waals surface area contributed by atoms with Gasteiger partial charge in [-0.05, 0) is 43.3 Å². The van der Waals surface area contributed by atoms with Crippen LogP contribution in [0.25, 0.3) is 0 Å². The van der Waals surface area contributed by atoms with E-state index in [1.165, 1.54) is 25.6 Å². The van der Waals surface area contributed by atoms with Gasteiger partial charge in [0.1, 0.15) is 0 Å². The lowest BCUT2D eigenvalue weighted by Gasteiger charge is -2.34. The summed E-state index contributed by atoms with van der Waals surface area (Å²) < 4.78 is 29.0. The summed E-state index contributed by atoms with van der Waals surface area (Å²) in [5.74, 6) is 4.49. The zero-order valence-corrected chi connectivity index (χ0v) is 17.4. The van der Waals surface area contributed by atoms with Gasteiger partial charge in [-0.15, -0.1) is 11.3 Å². The van der Waals surface area contributed by atoms with Gasteiger partial charge >= 0.3 is 13.6 Å². The van der Waals surface area contributed by atoms with Crippen LogP contribution in [0.2, 0.25) is 0 Å². The van der Waals surface area contributed by atoms with Gasteiger partial charge in [-0.25, -0.2) is 4.79 Å². The van der Waals surface area contributed by atoms with Crippen molar-refractivity contribution >= 4 is 30.6 Å². The Balaban J connectivity index is 2.67. The summed E-state index contributed by atoms with van der Waals surface area (Å²) in [4.78, 5) is 12.5. The summed E-state index contributed by atoms with van der Waals surface area (Å²) in [5, 5.41) is 3.42. The number of thiophene rings is 1. The van der Waals surface area contributed by atoms with Crippen molar-refractivity contribution in [2.24, 2.45) is 0 Å². The summed E-state index contributed by atoms with van der Waals surface area (Å²) in [5.41, 5.74) is 1.73. The van der Waals surface area contributed by atoms with Gasteiger partial charge in [0, 0.05) is 25.8 Å². The lowest BCUT2D eigenvalue weighted by Crippen LogP contribution is -2.34. The van der Waals surface area contributed by atoms with Gasteiger partial charge in [-0.3, -0.25) is 4.57 Å². The molecule has 0 fully saturated rings. The van der Waals surface area contributed by atoms with Gasteiger partial charge in [-0.2, -0.15) is 0 Å². The van der Waals surface area contributed by atoms with E-state index < -0.39 is 18.8 Å². The van der Waals surface area contributed by atoms with Crippen molar-refractivity contribution in [3.05, 3.63) is 52.2 Å². The highest BCUT2D eigenvalue weighted by Gasteiger charge is 2.52. The number of benzene rings is 1. The van der Waals surface area contributed by atoms with Gasteiger partial charge in [0.25, 0.3) is 0 Å². The monoisotopic (exact) mass is 407 g/mol. The maximum absolute atomic E-state index is 13.6. The molecule has 0 radical (unpaired) electrons. The van der Waals surface area contributed by atoms with Crippen molar-refractivity contribution in [2.45, 2.75) is 19.1 Å². The molecule has 1 N–H and O–H groups in total. The van der Waals surface area contributed by atoms with E-state index >= 15 is 0 Å². The Kier molecular flexibility index (Phi) is 7.23. The molecular formula is C19H22NO5PS. The zero-order valence-electron chi connectivity index (χ0n) is 15.6. The molecule has 1 aromatic heterocycles. The first-order chi connectivity index (χ1) is 12.9. The molecule has 0 spiro atoms. The lowest BCUT2D eigenvalue weighted by atomic mass is 10.2. The summed E-state index contributed by atoms with van der Waals surface area (Å²) in [6.07, 6.45) is 0. The summed E-state index contributed by atoms with van der Waals surface area (Å²) in [7, 11) is -1.27. The van der Waals surface area contributed by atoms with Gasteiger partial charge in [0.05, 0.1) is 11.5 Å². The Morgan fingerprint density at radius 1 is 1.22 bits per heavy atom. The molecular weight excluding hydrogens is 385 g/mol. The van der Waals surface area contributed by atoms with Crippen LogP contribution in [-0.2, 0) is 28.4 Å². The molecule has 0 saturated heterocycles. The highest BCUT2D eigenvalue weighted by molar-refractivity contribution is 7.56. The second-order valence-electron chi connectivity index (χ2n) is 5.51. The Bertz CT molecular complexity index is 862. The summed E-state index contributed by atoms with van der Waals surface area (Å²) in [6.45, 7) is 3.84. The fraction of sp³-hybridized carbons (Fsp3) is 0.316. The fourth-order valence-electron chi connectivity index (χ4n) is 2.41. The van der Waals surface area contributed by atoms with Crippen molar-refractivity contribution in [3.8, 4) is 11.8 Å². The number of anilines is 1. The first-order valence-electron chi connectivity index (χ1n) is 8.21. The van der Waals surface area contributed by atoms with E-state index in [4.69, 9.17) is 13.8 Å². The van der Waals surface area contributed by atoms with Gasteiger partial charge in [0.15, 0.2) is 0 Å². The molecule has 0 amide bonds. The van der Waals surface area contributed by atoms with E-state index in [1.54, 1.807) is 19.1 Å². The number of aryl methyl sites for hydroxylation is 1. The van der Waals surface area contributed by atoms with Gasteiger partial charge in [0.2, 0.25) is 5.28 Å². The first kappa shape index (κ1) is 21.2. The molecule has 0 aliphatic rings. The standard InChI is InChI=1S/C19H22NO5PS/c1-5-25-18(21)12-13-19(17-7-6-14-27-17,26(22,23-3)24-4)20-16-10-8-15(2)9-11-16/h6-11,14,20H,5H2,1-4H3. The molecule has 0 aliphatic heterocycles. The predicted octanol–water partition coefficient (Wildman–Crippen LogP) is 4.37. The second-order valence-corrected chi connectivity index (χ2v) is 8.86. The Morgan fingerprint density at radius 2 is 1.89 bits per heavy atom. The second kappa shape index (κ2) is 9.20. The summed E-state index contributed by atoms with van der Waals surface area (Å²) >= 11 is 1.33. The molecule has 1 atom stereocenters. The molecule has 1 aromatic carbocycles. The first-order valence-corrected chi connectivity index (χ1v) is 10.6. The van der Waals surface area contributed by atoms with Gasteiger partial charge in [-0.1, -0.05) is 23.8 Å². The number of rotatable bonds is 7. The number of hydrogen-bond donors (Lipinski definition) is 1. The molecule has 0 bridgehead atoms. The highest BCUT2D eigenvalue weighted by atomic mass is 32.1. The van der Waals surface area contributed by atoms with Crippen molar-refractivity contribution in [2.75, 3.05) is 26.1 Å². The fourth-order valence-corrected chi connectivity index (χ4v) is 5.14. The lowest BCUT2D eigenvalue weighted by molar-refractivity contribution is -0.136. The minimum absolute atomic E-state index is 0.192. The van der Waals surface area contributed by atoms with Crippen LogP contribution in [0.4, 0.5) is 5.69 Å². The largest absolute Gasteiger partial charge is 0.456 e. The van der Waals surface area contributed by atoms with E-state index in [0.717, 1.165) is 5.56 Å². The molecule has 1 heterocycles. The van der Waals surface area contributed by atoms with Crippen molar-refractivity contribution < 1.29 is 23.1 Å². The molecule has 144 valence electrons. The maximum atomic E-state index is 13.6. The topological polar surface area (TPSA) is 73.9 Å². The minimum atomic E-state index is -3.85. The number of carbonyl (C=O) groups excluding carboxylic acids is 1. The van der Waals surface area contributed by atoms with Crippen LogP contribution in [0.3, 0.4) is 0 Å². The van der Waals surface area contributed by atoms with Gasteiger partial charge < -0.3 is 19.1 Å². The number of hydrogen-bond acceptors (Lipinski definition) is 7. The van der Waals surface area contributed by atoms with E-state index in [-0.39, 0.29) is 6.61 Å². The van der Waals surface area contributed by atoms with Crippen molar-refractivity contribution in [1.29, 1.82) is 0 Å². The van der Waals surface area contributed by atoms with Crippen LogP contribution >= 0.6 is 18.9 Å². The Labute approximate surface area is 163 Å². The molecule has 8 heteroatoms. The average Bonchev–Trinajstić information content (AvgIpc) is 3.21. The van der Waals surface area contributed by atoms with E-state index in [0.29, 0.717) is 10.6 Å². The van der Waals surface area contributed by atoms with Crippen LogP contribution < -0.4 is 5.32 Å². The van der Waals surface area contributed by atoms with E-state index in [9.17, 15) is 9.36 Å². The minimum Gasteiger partial charge on any atom is -0.456 e. The molecule has 27 heavy (non-hydrogen) atoms. The number of esters is 1. The van der Waals surface area contributed by atoms with Crippen molar-refractivity contribution in [1.82, 2.24) is 0 Å². The van der Waals surface area contributed by atoms with Crippen molar-refractivity contribution in [3.63, 3.8) is 0 Å². The number of ether oxygens (including phenoxy) is 1. The zero-order chi connectivity index (χ0) is 19.9. The van der Waals surface area contributed by atoms with E-state index in [1.807, 2.05) is 36.6 Å². The van der Waals surface area contributed by atoms with Crippen LogP contribution in [0.5, 0.6) is 0 Å². The Morgan fingerprint density at radius 3 is 2.41 bits per heavy atom. The molecule has 2 rings (SSSR count). The quantitative estimate of drug-likeness (QED) is 0.318. The van der Waals surface area contributed by atoms with Crippen LogP contribution in [0.1, 0.15) is 17.4 Å². The number of carbonyl (C=O) groups is 1. The molecule has 1 unspecified atom stereocenters. The average molecular weight is 407 g/mol. The molecule has 0 saturated carbocycles. The highest BCUT2D eigenvalue weighted by Crippen LogP contribution is 2.64. The third-order valence-corrected chi connectivity index (χ3v) is 7.16. The predicted molar refractivity (Wildman–Crippen MR) is 107 cm³/mol. The third-order valence-electron chi connectivity index (χ3n) is 3.77. The van der Waals surface area contributed by atoms with E-state index in [2.05, 4.69) is 17.2 Å². The van der Waals surface area contributed by atoms with Crippen LogP contribution in [-0.4, -0.2) is 26.8 Å². The van der Waals surface area contributed by atoms with Crippen LogP contribution in [0.15, 0.2) is 41.8 Å². The third kappa shape index (κ3) is 4.60. The Hall–Kier alpha value is -2.10. The molecule has 6 nitrogen and oxygen atoms in total. The smallest absolute Gasteiger partial charge is 0.384 e. The SMILES string of the molecule is CCOC(=O)C#CC(Nc1ccc(C)cc1)(c1cccs1)P(=O)(OC)OC.